The lowest BCUT2D eigenvalue weighted by Gasteiger charge is -2.19. The van der Waals surface area contributed by atoms with E-state index in [4.69, 9.17) is 0 Å². The Balaban J connectivity index is 2.76. The van der Waals surface area contributed by atoms with Crippen LogP contribution in [0.5, 0.6) is 0 Å². The minimum atomic E-state index is -0.634. The Morgan fingerprint density at radius 3 is 2.63 bits per heavy atom. The monoisotopic (exact) mass is 268 g/mol. The third kappa shape index (κ3) is 3.78. The van der Waals surface area contributed by atoms with Crippen molar-refractivity contribution in [1.82, 2.24) is 20.4 Å². The number of amides is 1. The molecule has 0 saturated carbocycles. The number of aryl methyl sites for hydroxylation is 1. The van der Waals surface area contributed by atoms with Gasteiger partial charge in [0, 0.05) is 18.8 Å². The maximum absolute atomic E-state index is 12.2. The number of hydrogen-bond donors (Lipinski definition) is 2. The summed E-state index contributed by atoms with van der Waals surface area (Å²) >= 11 is 0. The summed E-state index contributed by atoms with van der Waals surface area (Å²) in [4.78, 5) is 23.6. The second-order valence-corrected chi connectivity index (χ2v) is 4.16. The third-order valence-corrected chi connectivity index (χ3v) is 2.82. The lowest BCUT2D eigenvalue weighted by Crippen LogP contribution is -2.45. The molecule has 0 fully saturated rings. The summed E-state index contributed by atoms with van der Waals surface area (Å²) in [5, 5.41) is 9.59. The Hall–Kier alpha value is -1.89. The van der Waals surface area contributed by atoms with E-state index < -0.39 is 18.1 Å². The molecule has 0 saturated heterocycles. The van der Waals surface area contributed by atoms with Gasteiger partial charge in [-0.15, -0.1) is 0 Å². The normalized spacial score (nSPS) is 13.7. The second-order valence-electron chi connectivity index (χ2n) is 4.16. The molecule has 1 amide bonds. The first kappa shape index (κ1) is 15.2. The Morgan fingerprint density at radius 2 is 2.21 bits per heavy atom. The molecule has 0 aromatic carbocycles. The van der Waals surface area contributed by atoms with Gasteiger partial charge < -0.3 is 15.4 Å². The topological polar surface area (TPSA) is 85.3 Å². The predicted molar refractivity (Wildman–Crippen MR) is 69.2 cm³/mol. The molecule has 1 heterocycles. The molecule has 19 heavy (non-hydrogen) atoms. The summed E-state index contributed by atoms with van der Waals surface area (Å²) in [7, 11) is 4.75. The molecule has 0 bridgehead atoms. The first-order valence-electron chi connectivity index (χ1n) is 6.07. The van der Waals surface area contributed by atoms with Crippen molar-refractivity contribution in [3.05, 3.63) is 18.0 Å². The fourth-order valence-electron chi connectivity index (χ4n) is 1.76. The SMILES string of the molecule is CCC(NC(=O)C(NC)c1cnn(C)c1)C(=O)OC. The zero-order valence-corrected chi connectivity index (χ0v) is 11.6. The third-order valence-electron chi connectivity index (χ3n) is 2.82. The molecule has 0 aliphatic rings. The van der Waals surface area contributed by atoms with Gasteiger partial charge in [0.1, 0.15) is 12.1 Å². The molecular formula is C12H20N4O3. The van der Waals surface area contributed by atoms with E-state index in [0.717, 1.165) is 5.56 Å². The molecule has 7 heteroatoms. The maximum atomic E-state index is 12.2. The number of carbonyl (C=O) groups excluding carboxylic acids is 2. The highest BCUT2D eigenvalue weighted by Gasteiger charge is 2.25. The van der Waals surface area contributed by atoms with Gasteiger partial charge in [-0.05, 0) is 13.5 Å². The number of methoxy groups -OCH3 is 1. The molecule has 2 unspecified atom stereocenters. The molecule has 7 nitrogen and oxygen atoms in total. The van der Waals surface area contributed by atoms with Gasteiger partial charge in [0.15, 0.2) is 0 Å². The first-order chi connectivity index (χ1) is 9.03. The van der Waals surface area contributed by atoms with Crippen LogP contribution in [0.25, 0.3) is 0 Å². The van der Waals surface area contributed by atoms with E-state index in [1.54, 1.807) is 38.1 Å². The summed E-state index contributed by atoms with van der Waals surface area (Å²) in [5.74, 6) is -0.732. The van der Waals surface area contributed by atoms with Crippen LogP contribution in [-0.2, 0) is 21.4 Å². The van der Waals surface area contributed by atoms with Crippen molar-refractivity contribution in [2.75, 3.05) is 14.2 Å². The molecule has 0 radical (unpaired) electrons. The Kier molecular flexibility index (Phi) is 5.50. The fourth-order valence-corrected chi connectivity index (χ4v) is 1.76. The van der Waals surface area contributed by atoms with Crippen molar-refractivity contribution in [2.24, 2.45) is 7.05 Å². The zero-order chi connectivity index (χ0) is 14.4. The Labute approximate surface area is 112 Å². The van der Waals surface area contributed by atoms with Gasteiger partial charge in [0.25, 0.3) is 0 Å². The lowest BCUT2D eigenvalue weighted by molar-refractivity contribution is -0.145. The van der Waals surface area contributed by atoms with Gasteiger partial charge in [-0.3, -0.25) is 9.48 Å². The summed E-state index contributed by atoms with van der Waals surface area (Å²) in [5.41, 5.74) is 0.738. The van der Waals surface area contributed by atoms with Crippen molar-refractivity contribution < 1.29 is 14.3 Å². The van der Waals surface area contributed by atoms with E-state index >= 15 is 0 Å². The van der Waals surface area contributed by atoms with Crippen molar-refractivity contribution in [3.8, 4) is 0 Å². The molecule has 0 aliphatic carbocycles. The lowest BCUT2D eigenvalue weighted by atomic mass is 10.1. The number of nitrogens with one attached hydrogen (secondary N) is 2. The van der Waals surface area contributed by atoms with E-state index in [1.165, 1.54) is 7.11 Å². The van der Waals surface area contributed by atoms with Crippen molar-refractivity contribution in [2.45, 2.75) is 25.4 Å². The Morgan fingerprint density at radius 1 is 1.53 bits per heavy atom. The van der Waals surface area contributed by atoms with Crippen molar-refractivity contribution in [3.63, 3.8) is 0 Å². The van der Waals surface area contributed by atoms with Crippen LogP contribution in [0.1, 0.15) is 24.9 Å². The molecule has 1 aromatic heterocycles. The van der Waals surface area contributed by atoms with E-state index in [2.05, 4.69) is 20.5 Å². The van der Waals surface area contributed by atoms with Gasteiger partial charge in [-0.2, -0.15) is 5.10 Å². The molecule has 1 rings (SSSR count). The number of aromatic nitrogens is 2. The summed E-state index contributed by atoms with van der Waals surface area (Å²) in [6.45, 7) is 1.81. The number of likely N-dealkylation sites (N-methyl/N-ethyl adjacent to an activating group) is 1. The molecule has 0 aliphatic heterocycles. The summed E-state index contributed by atoms with van der Waals surface area (Å²) < 4.78 is 6.25. The number of ether oxygens (including phenoxy) is 1. The quantitative estimate of drug-likeness (QED) is 0.695. The van der Waals surface area contributed by atoms with Crippen LogP contribution in [-0.4, -0.2) is 41.9 Å². The van der Waals surface area contributed by atoms with Crippen LogP contribution >= 0.6 is 0 Å². The van der Waals surface area contributed by atoms with Crippen LogP contribution in [0.3, 0.4) is 0 Å². The highest BCUT2D eigenvalue weighted by Crippen LogP contribution is 2.11. The average Bonchev–Trinajstić information content (AvgIpc) is 2.82. The molecule has 1 aromatic rings. The van der Waals surface area contributed by atoms with E-state index in [0.29, 0.717) is 6.42 Å². The molecule has 0 spiro atoms. The number of esters is 1. The average molecular weight is 268 g/mol. The zero-order valence-electron chi connectivity index (χ0n) is 11.6. The largest absolute Gasteiger partial charge is 0.467 e. The van der Waals surface area contributed by atoms with Gasteiger partial charge >= 0.3 is 5.97 Å². The highest BCUT2D eigenvalue weighted by atomic mass is 16.5. The maximum Gasteiger partial charge on any atom is 0.328 e. The molecule has 106 valence electrons. The molecule has 2 atom stereocenters. The number of rotatable bonds is 6. The Bertz CT molecular complexity index is 444. The van der Waals surface area contributed by atoms with Crippen LogP contribution in [0.2, 0.25) is 0 Å². The number of hydrogen-bond acceptors (Lipinski definition) is 5. The van der Waals surface area contributed by atoms with E-state index in [1.807, 2.05) is 0 Å². The van der Waals surface area contributed by atoms with Gasteiger partial charge in [0.05, 0.1) is 13.3 Å². The van der Waals surface area contributed by atoms with Gasteiger partial charge in [-0.25, -0.2) is 4.79 Å². The van der Waals surface area contributed by atoms with Gasteiger partial charge in [-0.1, -0.05) is 6.92 Å². The van der Waals surface area contributed by atoms with Crippen LogP contribution in [0.15, 0.2) is 12.4 Å². The fraction of sp³-hybridized carbons (Fsp3) is 0.583. The van der Waals surface area contributed by atoms with Gasteiger partial charge in [0.2, 0.25) is 5.91 Å². The smallest absolute Gasteiger partial charge is 0.328 e. The molecular weight excluding hydrogens is 248 g/mol. The summed E-state index contributed by atoms with van der Waals surface area (Å²) in [6, 6.07) is -1.18. The summed E-state index contributed by atoms with van der Waals surface area (Å²) in [6.07, 6.45) is 3.83. The minimum absolute atomic E-state index is 0.284. The number of carbonyl (C=O) groups is 2. The van der Waals surface area contributed by atoms with Crippen molar-refractivity contribution >= 4 is 11.9 Å². The van der Waals surface area contributed by atoms with Crippen LogP contribution < -0.4 is 10.6 Å². The van der Waals surface area contributed by atoms with E-state index in [9.17, 15) is 9.59 Å². The second kappa shape index (κ2) is 6.89. The first-order valence-corrected chi connectivity index (χ1v) is 6.07. The van der Waals surface area contributed by atoms with E-state index in [-0.39, 0.29) is 5.91 Å². The van der Waals surface area contributed by atoms with Crippen LogP contribution in [0, 0.1) is 0 Å². The minimum Gasteiger partial charge on any atom is -0.467 e. The predicted octanol–water partition coefficient (Wildman–Crippen LogP) is -0.252. The van der Waals surface area contributed by atoms with Crippen molar-refractivity contribution in [1.29, 1.82) is 0 Å². The van der Waals surface area contributed by atoms with Crippen LogP contribution in [0.4, 0.5) is 0 Å². The highest BCUT2D eigenvalue weighted by molar-refractivity contribution is 5.88. The molecule has 2 N–H and O–H groups in total. The standard InChI is InChI=1S/C12H20N4O3/c1-5-9(12(18)19-4)15-11(17)10(13-2)8-6-14-16(3)7-8/h6-7,9-10,13H,5H2,1-4H3,(H,15,17). The number of nitrogens with zero attached hydrogens (tertiary/aromatic N) is 2.